The van der Waals surface area contributed by atoms with Crippen molar-refractivity contribution in [2.75, 3.05) is 6.54 Å². The van der Waals surface area contributed by atoms with Crippen molar-refractivity contribution in [3.63, 3.8) is 0 Å². The van der Waals surface area contributed by atoms with Crippen LogP contribution in [0.25, 0.3) is 0 Å². The minimum Gasteiger partial charge on any atom is -0.307 e. The standard InChI is InChI=1S/C12H18BrNS/c1-11(2,3)12(5-4-6-14-12)9-7-15-8-10(9)13/h7-8,14H,4-6H2,1-3H3. The van der Waals surface area contributed by atoms with Crippen LogP contribution in [0.4, 0.5) is 0 Å². The lowest BCUT2D eigenvalue weighted by Crippen LogP contribution is -2.47. The van der Waals surface area contributed by atoms with E-state index in [-0.39, 0.29) is 11.0 Å². The lowest BCUT2D eigenvalue weighted by molar-refractivity contribution is 0.160. The summed E-state index contributed by atoms with van der Waals surface area (Å²) in [5.74, 6) is 0. The zero-order valence-electron chi connectivity index (χ0n) is 9.56. The summed E-state index contributed by atoms with van der Waals surface area (Å²) in [5.41, 5.74) is 1.86. The molecule has 2 rings (SSSR count). The Morgan fingerprint density at radius 3 is 2.53 bits per heavy atom. The fraction of sp³-hybridized carbons (Fsp3) is 0.667. The number of hydrogen-bond donors (Lipinski definition) is 1. The summed E-state index contributed by atoms with van der Waals surface area (Å²) in [6.45, 7) is 8.12. The molecule has 84 valence electrons. The Kier molecular flexibility index (Phi) is 2.99. The molecule has 0 aromatic carbocycles. The maximum atomic E-state index is 3.73. The fourth-order valence-electron chi connectivity index (χ4n) is 2.60. The van der Waals surface area contributed by atoms with Gasteiger partial charge < -0.3 is 5.32 Å². The average Bonchev–Trinajstić information content (AvgIpc) is 2.70. The predicted octanol–water partition coefficient (Wildman–Crippen LogP) is 4.14. The van der Waals surface area contributed by atoms with Gasteiger partial charge in [0.25, 0.3) is 0 Å². The largest absolute Gasteiger partial charge is 0.307 e. The summed E-state index contributed by atoms with van der Waals surface area (Å²) in [7, 11) is 0. The van der Waals surface area contributed by atoms with Crippen molar-refractivity contribution in [2.45, 2.75) is 39.2 Å². The summed E-state index contributed by atoms with van der Waals surface area (Å²) in [6.07, 6.45) is 2.52. The van der Waals surface area contributed by atoms with Crippen LogP contribution in [0.3, 0.4) is 0 Å². The molecule has 1 unspecified atom stereocenters. The van der Waals surface area contributed by atoms with Gasteiger partial charge in [0.1, 0.15) is 0 Å². The maximum absolute atomic E-state index is 3.73. The zero-order valence-corrected chi connectivity index (χ0v) is 12.0. The summed E-state index contributed by atoms with van der Waals surface area (Å²) >= 11 is 5.46. The van der Waals surface area contributed by atoms with E-state index in [2.05, 4.69) is 52.8 Å². The third-order valence-electron chi connectivity index (χ3n) is 3.51. The average molecular weight is 288 g/mol. The number of halogens is 1. The highest BCUT2D eigenvalue weighted by Crippen LogP contribution is 2.48. The Hall–Kier alpha value is 0.140. The van der Waals surface area contributed by atoms with Crippen LogP contribution in [-0.4, -0.2) is 6.54 Å². The molecule has 3 heteroatoms. The smallest absolute Gasteiger partial charge is 0.0503 e. The first-order valence-electron chi connectivity index (χ1n) is 5.44. The molecule has 1 N–H and O–H groups in total. The normalized spacial score (nSPS) is 27.2. The topological polar surface area (TPSA) is 12.0 Å². The Balaban J connectivity index is 2.49. The Labute approximate surface area is 104 Å². The maximum Gasteiger partial charge on any atom is 0.0503 e. The molecule has 1 nitrogen and oxygen atoms in total. The number of hydrogen-bond acceptors (Lipinski definition) is 2. The van der Waals surface area contributed by atoms with Gasteiger partial charge in [-0.3, -0.25) is 0 Å². The van der Waals surface area contributed by atoms with E-state index in [0.717, 1.165) is 6.54 Å². The van der Waals surface area contributed by atoms with Crippen molar-refractivity contribution in [1.82, 2.24) is 5.32 Å². The van der Waals surface area contributed by atoms with Crippen LogP contribution in [0.15, 0.2) is 15.2 Å². The Bertz CT molecular complexity index is 345. The lowest BCUT2D eigenvalue weighted by atomic mass is 9.69. The second kappa shape index (κ2) is 3.86. The van der Waals surface area contributed by atoms with Crippen molar-refractivity contribution in [3.05, 3.63) is 20.8 Å². The van der Waals surface area contributed by atoms with E-state index in [0.29, 0.717) is 0 Å². The molecule has 1 saturated heterocycles. The number of nitrogens with one attached hydrogen (secondary N) is 1. The molecule has 0 amide bonds. The van der Waals surface area contributed by atoms with Crippen molar-refractivity contribution >= 4 is 27.3 Å². The predicted molar refractivity (Wildman–Crippen MR) is 70.4 cm³/mol. The van der Waals surface area contributed by atoms with Gasteiger partial charge in [0, 0.05) is 9.85 Å². The molecule has 1 aromatic rings. The first kappa shape index (κ1) is 11.6. The van der Waals surface area contributed by atoms with E-state index < -0.39 is 0 Å². The van der Waals surface area contributed by atoms with Gasteiger partial charge in [-0.25, -0.2) is 0 Å². The molecule has 15 heavy (non-hydrogen) atoms. The van der Waals surface area contributed by atoms with Crippen LogP contribution < -0.4 is 5.32 Å². The minimum atomic E-state index is 0.159. The molecule has 1 aliphatic heterocycles. The highest BCUT2D eigenvalue weighted by molar-refractivity contribution is 9.10. The molecule has 0 saturated carbocycles. The minimum absolute atomic E-state index is 0.159. The summed E-state index contributed by atoms with van der Waals surface area (Å²) in [4.78, 5) is 0. The number of thiophene rings is 1. The summed E-state index contributed by atoms with van der Waals surface area (Å²) in [5, 5.41) is 8.20. The molecule has 0 bridgehead atoms. The van der Waals surface area contributed by atoms with Crippen molar-refractivity contribution in [2.24, 2.45) is 5.41 Å². The highest BCUT2D eigenvalue weighted by atomic mass is 79.9. The van der Waals surface area contributed by atoms with Gasteiger partial charge in [-0.2, -0.15) is 11.3 Å². The molecular weight excluding hydrogens is 270 g/mol. The lowest BCUT2D eigenvalue weighted by Gasteiger charge is -2.42. The molecule has 1 fully saturated rings. The summed E-state index contributed by atoms with van der Waals surface area (Å²) < 4.78 is 1.26. The van der Waals surface area contributed by atoms with Gasteiger partial charge in [-0.05, 0) is 51.7 Å². The van der Waals surface area contributed by atoms with Crippen molar-refractivity contribution < 1.29 is 0 Å². The quantitative estimate of drug-likeness (QED) is 0.819. The highest BCUT2D eigenvalue weighted by Gasteiger charge is 2.46. The van der Waals surface area contributed by atoms with Crippen LogP contribution in [0.2, 0.25) is 0 Å². The van der Waals surface area contributed by atoms with Crippen molar-refractivity contribution in [3.8, 4) is 0 Å². The van der Waals surface area contributed by atoms with Gasteiger partial charge in [0.15, 0.2) is 0 Å². The molecule has 1 aromatic heterocycles. The third kappa shape index (κ3) is 1.79. The van der Waals surface area contributed by atoms with E-state index in [4.69, 9.17) is 0 Å². The molecular formula is C12H18BrNS. The van der Waals surface area contributed by atoms with Gasteiger partial charge in [0.05, 0.1) is 5.54 Å². The van der Waals surface area contributed by atoms with Gasteiger partial charge in [0.2, 0.25) is 0 Å². The van der Waals surface area contributed by atoms with E-state index in [9.17, 15) is 0 Å². The molecule has 2 heterocycles. The summed E-state index contributed by atoms with van der Waals surface area (Å²) in [6, 6.07) is 0. The van der Waals surface area contributed by atoms with E-state index in [1.54, 1.807) is 11.3 Å². The van der Waals surface area contributed by atoms with Gasteiger partial charge >= 0.3 is 0 Å². The van der Waals surface area contributed by atoms with E-state index in [1.165, 1.54) is 22.9 Å². The van der Waals surface area contributed by atoms with Crippen LogP contribution in [0, 0.1) is 5.41 Å². The van der Waals surface area contributed by atoms with Crippen molar-refractivity contribution in [1.29, 1.82) is 0 Å². The second-order valence-electron chi connectivity index (χ2n) is 5.32. The van der Waals surface area contributed by atoms with E-state index in [1.807, 2.05) is 0 Å². The van der Waals surface area contributed by atoms with Crippen LogP contribution in [0.5, 0.6) is 0 Å². The Morgan fingerprint density at radius 2 is 2.13 bits per heavy atom. The Morgan fingerprint density at radius 1 is 1.40 bits per heavy atom. The third-order valence-corrected chi connectivity index (χ3v) is 5.21. The molecule has 0 spiro atoms. The first-order valence-corrected chi connectivity index (χ1v) is 7.18. The van der Waals surface area contributed by atoms with Crippen LogP contribution in [0.1, 0.15) is 39.2 Å². The molecule has 1 aliphatic rings. The second-order valence-corrected chi connectivity index (χ2v) is 6.92. The fourth-order valence-corrected chi connectivity index (χ4v) is 4.31. The first-order chi connectivity index (χ1) is 6.97. The monoisotopic (exact) mass is 287 g/mol. The van der Waals surface area contributed by atoms with Gasteiger partial charge in [-0.1, -0.05) is 20.8 Å². The zero-order chi connectivity index (χ0) is 11.1. The van der Waals surface area contributed by atoms with Crippen LogP contribution >= 0.6 is 27.3 Å². The van der Waals surface area contributed by atoms with Gasteiger partial charge in [-0.15, -0.1) is 0 Å². The molecule has 0 aliphatic carbocycles. The molecule has 1 atom stereocenters. The number of rotatable bonds is 1. The SMILES string of the molecule is CC(C)(C)C1(c2cscc2Br)CCCN1. The van der Waals surface area contributed by atoms with Crippen LogP contribution in [-0.2, 0) is 5.54 Å². The molecule has 0 radical (unpaired) electrons. The van der Waals surface area contributed by atoms with E-state index >= 15 is 0 Å².